The van der Waals surface area contributed by atoms with Crippen LogP contribution in [-0.4, -0.2) is 21.5 Å². The Kier molecular flexibility index (Phi) is 5.13. The van der Waals surface area contributed by atoms with E-state index in [1.165, 1.54) is 10.5 Å². The summed E-state index contributed by atoms with van der Waals surface area (Å²) in [7, 11) is 0. The van der Waals surface area contributed by atoms with Gasteiger partial charge in [0.1, 0.15) is 5.57 Å². The number of carbonyl (C=O) groups is 2. The van der Waals surface area contributed by atoms with Gasteiger partial charge >= 0.3 is 0 Å². The SMILES string of the molecule is O=C1NC(=S)N(c2ccccc2)C(=O)/C1=C/c1cn(Cc2ccccc2)c2ccccc12. The van der Waals surface area contributed by atoms with Gasteiger partial charge in [-0.25, -0.2) is 0 Å². The minimum Gasteiger partial charge on any atom is -0.342 e. The smallest absolute Gasteiger partial charge is 0.270 e. The van der Waals surface area contributed by atoms with Gasteiger partial charge in [0.2, 0.25) is 0 Å². The maximum absolute atomic E-state index is 13.3. The van der Waals surface area contributed by atoms with Crippen LogP contribution < -0.4 is 10.2 Å². The van der Waals surface area contributed by atoms with Gasteiger partial charge in [-0.3, -0.25) is 19.8 Å². The van der Waals surface area contributed by atoms with E-state index >= 15 is 0 Å². The number of thiocarbonyl (C=S) groups is 1. The molecule has 0 unspecified atom stereocenters. The summed E-state index contributed by atoms with van der Waals surface area (Å²) < 4.78 is 2.13. The Morgan fingerprint density at radius 3 is 2.25 bits per heavy atom. The van der Waals surface area contributed by atoms with Gasteiger partial charge in [-0.2, -0.15) is 0 Å². The third kappa shape index (κ3) is 3.61. The lowest BCUT2D eigenvalue weighted by Gasteiger charge is -2.28. The molecule has 1 N–H and O–H groups in total. The van der Waals surface area contributed by atoms with Gasteiger partial charge in [-0.15, -0.1) is 0 Å². The minimum atomic E-state index is -0.493. The van der Waals surface area contributed by atoms with Crippen molar-refractivity contribution in [2.45, 2.75) is 6.54 Å². The van der Waals surface area contributed by atoms with E-state index in [1.807, 2.05) is 66.9 Å². The fourth-order valence-corrected chi connectivity index (χ4v) is 4.21. The maximum atomic E-state index is 13.3. The highest BCUT2D eigenvalue weighted by molar-refractivity contribution is 7.80. The van der Waals surface area contributed by atoms with Crippen LogP contribution in [0.15, 0.2) is 96.7 Å². The molecule has 4 aromatic rings. The fraction of sp³-hybridized carbons (Fsp3) is 0.0385. The first-order chi connectivity index (χ1) is 15.6. The Morgan fingerprint density at radius 2 is 1.50 bits per heavy atom. The second kappa shape index (κ2) is 8.24. The van der Waals surface area contributed by atoms with Crippen LogP contribution >= 0.6 is 12.2 Å². The number of carbonyl (C=O) groups excluding carboxylic acids is 2. The van der Waals surface area contributed by atoms with Crippen molar-refractivity contribution >= 4 is 51.8 Å². The lowest BCUT2D eigenvalue weighted by molar-refractivity contribution is -0.122. The Bertz CT molecular complexity index is 1370. The number of benzene rings is 3. The molecule has 0 bridgehead atoms. The normalized spacial score (nSPS) is 15.4. The number of rotatable bonds is 4. The van der Waals surface area contributed by atoms with Crippen molar-refractivity contribution in [3.8, 4) is 0 Å². The zero-order chi connectivity index (χ0) is 22.1. The quantitative estimate of drug-likeness (QED) is 0.290. The van der Waals surface area contributed by atoms with Gasteiger partial charge in [-0.1, -0.05) is 66.7 Å². The molecule has 0 spiro atoms. The van der Waals surface area contributed by atoms with Crippen LogP contribution in [0.25, 0.3) is 17.0 Å². The molecule has 2 amide bonds. The molecule has 1 fully saturated rings. The van der Waals surface area contributed by atoms with Crippen LogP contribution in [0.2, 0.25) is 0 Å². The number of fused-ring (bicyclic) bond motifs is 1. The van der Waals surface area contributed by atoms with Gasteiger partial charge < -0.3 is 4.57 Å². The molecule has 6 heteroatoms. The van der Waals surface area contributed by atoms with E-state index in [0.29, 0.717) is 12.2 Å². The Hall–Kier alpha value is -4.03. The van der Waals surface area contributed by atoms with Crippen LogP contribution in [0, 0.1) is 0 Å². The van der Waals surface area contributed by atoms with Crippen LogP contribution in [-0.2, 0) is 16.1 Å². The van der Waals surface area contributed by atoms with E-state index in [1.54, 1.807) is 18.2 Å². The monoisotopic (exact) mass is 437 g/mol. The van der Waals surface area contributed by atoms with E-state index in [0.717, 1.165) is 16.5 Å². The summed E-state index contributed by atoms with van der Waals surface area (Å²) in [5.74, 6) is -0.933. The van der Waals surface area contributed by atoms with Crippen LogP contribution in [0.3, 0.4) is 0 Å². The Balaban J connectivity index is 1.58. The Labute approximate surface area is 190 Å². The molecule has 0 saturated carbocycles. The van der Waals surface area contributed by atoms with E-state index in [2.05, 4.69) is 22.0 Å². The molecule has 0 atom stereocenters. The first-order valence-electron chi connectivity index (χ1n) is 10.2. The summed E-state index contributed by atoms with van der Waals surface area (Å²) in [5.41, 5.74) is 3.66. The van der Waals surface area contributed by atoms with E-state index in [-0.39, 0.29) is 10.7 Å². The number of nitrogens with one attached hydrogen (secondary N) is 1. The van der Waals surface area contributed by atoms with Crippen molar-refractivity contribution in [2.75, 3.05) is 4.90 Å². The van der Waals surface area contributed by atoms with Crippen molar-refractivity contribution in [2.24, 2.45) is 0 Å². The number of amides is 2. The Morgan fingerprint density at radius 1 is 0.844 bits per heavy atom. The highest BCUT2D eigenvalue weighted by Gasteiger charge is 2.34. The molecule has 1 aliphatic heterocycles. The third-order valence-electron chi connectivity index (χ3n) is 5.43. The maximum Gasteiger partial charge on any atom is 0.270 e. The number of nitrogens with zero attached hydrogens (tertiary/aromatic N) is 2. The summed E-state index contributed by atoms with van der Waals surface area (Å²) in [6.07, 6.45) is 3.63. The molecule has 5 rings (SSSR count). The number of aromatic nitrogens is 1. The largest absolute Gasteiger partial charge is 0.342 e. The highest BCUT2D eigenvalue weighted by Crippen LogP contribution is 2.27. The van der Waals surface area contributed by atoms with E-state index < -0.39 is 11.8 Å². The van der Waals surface area contributed by atoms with Gasteiger partial charge in [0.25, 0.3) is 11.8 Å². The molecule has 5 nitrogen and oxygen atoms in total. The van der Waals surface area contributed by atoms with Crippen molar-refractivity contribution in [3.05, 3.63) is 108 Å². The summed E-state index contributed by atoms with van der Waals surface area (Å²) in [6, 6.07) is 27.2. The zero-order valence-corrected chi connectivity index (χ0v) is 17.9. The second-order valence-corrected chi connectivity index (χ2v) is 7.90. The predicted molar refractivity (Wildman–Crippen MR) is 130 cm³/mol. The molecule has 1 aliphatic rings. The fourth-order valence-electron chi connectivity index (χ4n) is 3.93. The van der Waals surface area contributed by atoms with Crippen LogP contribution in [0.1, 0.15) is 11.1 Å². The average molecular weight is 438 g/mol. The first-order valence-corrected chi connectivity index (χ1v) is 10.6. The molecule has 1 aromatic heterocycles. The molecule has 32 heavy (non-hydrogen) atoms. The number of para-hydroxylation sites is 2. The number of anilines is 1. The molecule has 156 valence electrons. The number of hydrogen-bond donors (Lipinski definition) is 1. The zero-order valence-electron chi connectivity index (χ0n) is 17.1. The molecular weight excluding hydrogens is 418 g/mol. The standard InChI is InChI=1S/C26H19N3O2S/c30-24-22(25(31)29(26(32)27-24)20-11-5-2-6-12-20)15-19-17-28(16-18-9-3-1-4-10-18)23-14-8-7-13-21(19)23/h1-15,17H,16H2,(H,27,30,32)/b22-15+. The molecule has 1 saturated heterocycles. The summed E-state index contributed by atoms with van der Waals surface area (Å²) >= 11 is 5.28. The lowest BCUT2D eigenvalue weighted by Crippen LogP contribution is -2.54. The minimum absolute atomic E-state index is 0.0464. The van der Waals surface area contributed by atoms with E-state index in [4.69, 9.17) is 12.2 Å². The van der Waals surface area contributed by atoms with E-state index in [9.17, 15) is 9.59 Å². The molecule has 0 radical (unpaired) electrons. The lowest BCUT2D eigenvalue weighted by atomic mass is 10.1. The average Bonchev–Trinajstić information content (AvgIpc) is 3.15. The molecular formula is C26H19N3O2S. The van der Waals surface area contributed by atoms with Crippen molar-refractivity contribution in [1.82, 2.24) is 9.88 Å². The summed E-state index contributed by atoms with van der Waals surface area (Å²) in [6.45, 7) is 0.685. The van der Waals surface area contributed by atoms with Crippen LogP contribution in [0.4, 0.5) is 5.69 Å². The highest BCUT2D eigenvalue weighted by atomic mass is 32.1. The molecule has 2 heterocycles. The van der Waals surface area contributed by atoms with Crippen LogP contribution in [0.5, 0.6) is 0 Å². The summed E-state index contributed by atoms with van der Waals surface area (Å²) in [5, 5.41) is 3.69. The van der Waals surface area contributed by atoms with Crippen molar-refractivity contribution < 1.29 is 9.59 Å². The molecule has 0 aliphatic carbocycles. The topological polar surface area (TPSA) is 54.3 Å². The second-order valence-electron chi connectivity index (χ2n) is 7.51. The summed E-state index contributed by atoms with van der Waals surface area (Å²) in [4.78, 5) is 27.3. The van der Waals surface area contributed by atoms with Crippen molar-refractivity contribution in [1.29, 1.82) is 0 Å². The van der Waals surface area contributed by atoms with Gasteiger partial charge in [-0.05, 0) is 42.1 Å². The predicted octanol–water partition coefficient (Wildman–Crippen LogP) is 4.52. The van der Waals surface area contributed by atoms with Gasteiger partial charge in [0.15, 0.2) is 5.11 Å². The molecule has 3 aromatic carbocycles. The first kappa shape index (κ1) is 19.9. The van der Waals surface area contributed by atoms with Gasteiger partial charge in [0.05, 0.1) is 5.69 Å². The van der Waals surface area contributed by atoms with Gasteiger partial charge in [0, 0.05) is 29.2 Å². The third-order valence-corrected chi connectivity index (χ3v) is 5.72. The number of hydrogen-bond acceptors (Lipinski definition) is 3. The van der Waals surface area contributed by atoms with Crippen molar-refractivity contribution in [3.63, 3.8) is 0 Å².